The van der Waals surface area contributed by atoms with Crippen molar-refractivity contribution in [3.05, 3.63) is 46.8 Å². The molecule has 1 saturated heterocycles. The van der Waals surface area contributed by atoms with Crippen LogP contribution in [-0.4, -0.2) is 57.0 Å². The van der Waals surface area contributed by atoms with Crippen molar-refractivity contribution in [2.45, 2.75) is 4.21 Å². The molecule has 1 aliphatic rings. The average molecular weight is 387 g/mol. The van der Waals surface area contributed by atoms with E-state index in [-0.39, 0.29) is 0 Å². The quantitative estimate of drug-likeness (QED) is 0.766. The number of thiophene rings is 1. The van der Waals surface area contributed by atoms with Gasteiger partial charge in [0, 0.05) is 32.7 Å². The van der Waals surface area contributed by atoms with E-state index in [1.54, 1.807) is 12.1 Å². The predicted octanol–water partition coefficient (Wildman–Crippen LogP) is 2.79. The molecule has 1 fully saturated rings. The summed E-state index contributed by atoms with van der Waals surface area (Å²) in [6.07, 6.45) is 0. The van der Waals surface area contributed by atoms with E-state index in [9.17, 15) is 8.42 Å². The Morgan fingerprint density at radius 3 is 2.38 bits per heavy atom. The summed E-state index contributed by atoms with van der Waals surface area (Å²) in [4.78, 5) is 2.22. The van der Waals surface area contributed by atoms with Crippen molar-refractivity contribution in [1.29, 1.82) is 0 Å². The zero-order valence-electron chi connectivity index (χ0n) is 13.1. The molecule has 2 heterocycles. The highest BCUT2D eigenvalue weighted by Crippen LogP contribution is 2.28. The molecule has 0 N–H and O–H groups in total. The monoisotopic (exact) mass is 386 g/mol. The number of piperazine rings is 1. The average Bonchev–Trinajstić information content (AvgIpc) is 3.04. The minimum absolute atomic E-state index is 0.313. The Morgan fingerprint density at radius 1 is 1.04 bits per heavy atom. The van der Waals surface area contributed by atoms with E-state index >= 15 is 0 Å². The SMILES string of the molecule is O=S(=O)(c1ccc(Cl)s1)N1CCN(CCOc2ccccc2)CC1. The molecule has 2 aromatic rings. The molecule has 1 aromatic heterocycles. The highest BCUT2D eigenvalue weighted by molar-refractivity contribution is 7.91. The maximum atomic E-state index is 12.5. The number of para-hydroxylation sites is 1. The van der Waals surface area contributed by atoms with E-state index in [0.717, 1.165) is 23.6 Å². The largest absolute Gasteiger partial charge is 0.492 e. The van der Waals surface area contributed by atoms with Crippen molar-refractivity contribution >= 4 is 33.0 Å². The fourth-order valence-electron chi connectivity index (χ4n) is 2.57. The van der Waals surface area contributed by atoms with Gasteiger partial charge in [0.25, 0.3) is 10.0 Å². The number of sulfonamides is 1. The second-order valence-electron chi connectivity index (χ2n) is 5.47. The molecule has 3 rings (SSSR count). The number of ether oxygens (including phenoxy) is 1. The molecule has 0 aliphatic carbocycles. The number of nitrogens with zero attached hydrogens (tertiary/aromatic N) is 2. The smallest absolute Gasteiger partial charge is 0.252 e. The van der Waals surface area contributed by atoms with Crippen LogP contribution in [0.25, 0.3) is 0 Å². The van der Waals surface area contributed by atoms with Crippen LogP contribution in [0.5, 0.6) is 5.75 Å². The van der Waals surface area contributed by atoms with Gasteiger partial charge in [-0.1, -0.05) is 29.8 Å². The van der Waals surface area contributed by atoms with Gasteiger partial charge in [0.15, 0.2) is 0 Å². The first-order valence-corrected chi connectivity index (χ1v) is 10.3. The summed E-state index contributed by atoms with van der Waals surface area (Å²) in [6, 6.07) is 12.9. The van der Waals surface area contributed by atoms with Gasteiger partial charge in [-0.3, -0.25) is 4.90 Å². The van der Waals surface area contributed by atoms with Crippen LogP contribution in [0.4, 0.5) is 0 Å². The summed E-state index contributed by atoms with van der Waals surface area (Å²) in [5.41, 5.74) is 0. The number of benzene rings is 1. The summed E-state index contributed by atoms with van der Waals surface area (Å²) >= 11 is 6.95. The molecule has 0 amide bonds. The minimum Gasteiger partial charge on any atom is -0.492 e. The summed E-state index contributed by atoms with van der Waals surface area (Å²) in [5, 5.41) is 0. The van der Waals surface area contributed by atoms with Crippen molar-refractivity contribution in [1.82, 2.24) is 9.21 Å². The third kappa shape index (κ3) is 4.29. The lowest BCUT2D eigenvalue weighted by molar-refractivity contribution is 0.159. The molecule has 1 aliphatic heterocycles. The van der Waals surface area contributed by atoms with E-state index in [4.69, 9.17) is 16.3 Å². The number of hydrogen-bond acceptors (Lipinski definition) is 5. The maximum absolute atomic E-state index is 12.5. The van der Waals surface area contributed by atoms with E-state index in [2.05, 4.69) is 4.90 Å². The third-order valence-corrected chi connectivity index (χ3v) is 7.49. The molecule has 130 valence electrons. The van der Waals surface area contributed by atoms with Crippen LogP contribution in [0.15, 0.2) is 46.7 Å². The van der Waals surface area contributed by atoms with Crippen molar-refractivity contribution < 1.29 is 13.2 Å². The first-order chi connectivity index (χ1) is 11.6. The molecule has 0 atom stereocenters. The first kappa shape index (κ1) is 17.7. The highest BCUT2D eigenvalue weighted by atomic mass is 35.5. The lowest BCUT2D eigenvalue weighted by Gasteiger charge is -2.33. The van der Waals surface area contributed by atoms with Crippen molar-refractivity contribution in [3.63, 3.8) is 0 Å². The Hall–Kier alpha value is -1.12. The van der Waals surface area contributed by atoms with E-state index in [1.807, 2.05) is 30.3 Å². The number of halogens is 1. The van der Waals surface area contributed by atoms with Gasteiger partial charge in [0.1, 0.15) is 16.6 Å². The fourth-order valence-corrected chi connectivity index (χ4v) is 5.63. The molecule has 8 heteroatoms. The Bertz CT molecular complexity index is 757. The van der Waals surface area contributed by atoms with Crippen LogP contribution >= 0.6 is 22.9 Å². The number of hydrogen-bond donors (Lipinski definition) is 0. The van der Waals surface area contributed by atoms with Gasteiger partial charge in [0.2, 0.25) is 0 Å². The summed E-state index contributed by atoms with van der Waals surface area (Å²) in [5.74, 6) is 0.855. The molecular weight excluding hydrogens is 368 g/mol. The van der Waals surface area contributed by atoms with Crippen LogP contribution in [0.2, 0.25) is 4.34 Å². The van der Waals surface area contributed by atoms with Crippen molar-refractivity contribution in [2.75, 3.05) is 39.3 Å². The topological polar surface area (TPSA) is 49.9 Å². The molecule has 24 heavy (non-hydrogen) atoms. The zero-order chi connectivity index (χ0) is 17.0. The fraction of sp³-hybridized carbons (Fsp3) is 0.375. The highest BCUT2D eigenvalue weighted by Gasteiger charge is 2.29. The lowest BCUT2D eigenvalue weighted by atomic mass is 10.3. The van der Waals surface area contributed by atoms with Gasteiger partial charge < -0.3 is 4.74 Å². The number of rotatable bonds is 6. The standard InChI is InChI=1S/C16H19ClN2O3S2/c17-15-6-7-16(23-15)24(20,21)19-10-8-18(9-11-19)12-13-22-14-4-2-1-3-5-14/h1-7H,8-13H2. The molecule has 5 nitrogen and oxygen atoms in total. The van der Waals surface area contributed by atoms with Crippen molar-refractivity contribution in [3.8, 4) is 5.75 Å². The second-order valence-corrected chi connectivity index (χ2v) is 9.35. The van der Waals surface area contributed by atoms with Gasteiger partial charge in [-0.25, -0.2) is 8.42 Å². The Balaban J connectivity index is 1.47. The summed E-state index contributed by atoms with van der Waals surface area (Å²) in [7, 11) is -3.42. The van der Waals surface area contributed by atoms with Gasteiger partial charge in [0.05, 0.1) is 4.34 Å². The Labute approximate surface area is 151 Å². The molecule has 0 spiro atoms. The predicted molar refractivity (Wildman–Crippen MR) is 96.5 cm³/mol. The Morgan fingerprint density at radius 2 is 1.75 bits per heavy atom. The normalized spacial score (nSPS) is 17.0. The van der Waals surface area contributed by atoms with Crippen LogP contribution < -0.4 is 4.74 Å². The molecule has 1 aromatic carbocycles. The van der Waals surface area contributed by atoms with Crippen LogP contribution in [0.3, 0.4) is 0 Å². The minimum atomic E-state index is -3.42. The van der Waals surface area contributed by atoms with Crippen LogP contribution in [-0.2, 0) is 10.0 Å². The van der Waals surface area contributed by atoms with Gasteiger partial charge >= 0.3 is 0 Å². The Kier molecular flexibility index (Phi) is 5.78. The van der Waals surface area contributed by atoms with Crippen LogP contribution in [0, 0.1) is 0 Å². The molecule has 0 bridgehead atoms. The molecule has 0 saturated carbocycles. The van der Waals surface area contributed by atoms with Gasteiger partial charge in [-0.05, 0) is 24.3 Å². The van der Waals surface area contributed by atoms with E-state index in [1.165, 1.54) is 4.31 Å². The van der Waals surface area contributed by atoms with Crippen molar-refractivity contribution in [2.24, 2.45) is 0 Å². The van der Waals surface area contributed by atoms with Gasteiger partial charge in [-0.2, -0.15) is 4.31 Å². The maximum Gasteiger partial charge on any atom is 0.252 e. The van der Waals surface area contributed by atoms with E-state index < -0.39 is 10.0 Å². The summed E-state index contributed by atoms with van der Waals surface area (Å²) < 4.78 is 33.1. The van der Waals surface area contributed by atoms with Gasteiger partial charge in [-0.15, -0.1) is 11.3 Å². The second kappa shape index (κ2) is 7.84. The summed E-state index contributed by atoms with van der Waals surface area (Å²) in [6.45, 7) is 3.77. The molecule has 0 radical (unpaired) electrons. The van der Waals surface area contributed by atoms with E-state index in [0.29, 0.717) is 41.3 Å². The first-order valence-electron chi connectivity index (χ1n) is 7.71. The zero-order valence-corrected chi connectivity index (χ0v) is 15.5. The molecular formula is C16H19ClN2O3S2. The molecule has 0 unspecified atom stereocenters. The van der Waals surface area contributed by atoms with Crippen LogP contribution in [0.1, 0.15) is 0 Å². The lowest BCUT2D eigenvalue weighted by Crippen LogP contribution is -2.49. The third-order valence-electron chi connectivity index (χ3n) is 3.89.